The molecule has 118 valence electrons. The van der Waals surface area contributed by atoms with Crippen LogP contribution in [0.5, 0.6) is 0 Å². The van der Waals surface area contributed by atoms with Crippen molar-refractivity contribution in [1.82, 2.24) is 0 Å². The van der Waals surface area contributed by atoms with E-state index in [-0.39, 0.29) is 11.9 Å². The van der Waals surface area contributed by atoms with Gasteiger partial charge in [-0.25, -0.2) is 4.39 Å². The van der Waals surface area contributed by atoms with E-state index < -0.39 is 22.2 Å². The molecule has 1 aliphatic carbocycles. The molecule has 3 rings (SSSR count). The molecule has 1 aromatic carbocycles. The first-order chi connectivity index (χ1) is 10.1. The lowest BCUT2D eigenvalue weighted by molar-refractivity contribution is -0.165. The number of amides is 1. The van der Waals surface area contributed by atoms with E-state index in [2.05, 4.69) is 21.2 Å². The predicted molar refractivity (Wildman–Crippen MR) is 82.7 cm³/mol. The van der Waals surface area contributed by atoms with Crippen LogP contribution < -0.4 is 5.32 Å². The Morgan fingerprint density at radius 2 is 2.00 bits per heavy atom. The number of carbonyl (C=O) groups excluding carboxylic acids is 2. The third-order valence-corrected chi connectivity index (χ3v) is 6.29. The molecule has 0 aromatic heterocycles. The second kappa shape index (κ2) is 4.54. The van der Waals surface area contributed by atoms with Crippen LogP contribution in [0, 0.1) is 16.6 Å². The third-order valence-electron chi connectivity index (χ3n) is 5.63. The van der Waals surface area contributed by atoms with Crippen LogP contribution in [0.15, 0.2) is 22.7 Å². The topological polar surface area (TPSA) is 55.4 Å². The van der Waals surface area contributed by atoms with Gasteiger partial charge in [0.15, 0.2) is 5.60 Å². The van der Waals surface area contributed by atoms with Crippen LogP contribution in [0.4, 0.5) is 10.1 Å². The Bertz CT molecular complexity index is 690. The molecule has 1 saturated heterocycles. The maximum Gasteiger partial charge on any atom is 0.313 e. The molecule has 2 unspecified atom stereocenters. The van der Waals surface area contributed by atoms with Gasteiger partial charge in [0, 0.05) is 9.89 Å². The fourth-order valence-electron chi connectivity index (χ4n) is 3.56. The quantitative estimate of drug-likeness (QED) is 0.809. The largest absolute Gasteiger partial charge is 0.448 e. The summed E-state index contributed by atoms with van der Waals surface area (Å²) < 4.78 is 19.1. The standard InChI is InChI=1S/C16H17BrFNO3/c1-14(2)15(3)6-7-16(14,22-13(15)21)12(20)19-11-5-4-9(18)8-10(11)17/h4-5,8H,6-7H2,1-3H3,(H,19,20). The number of rotatable bonds is 2. The van der Waals surface area contributed by atoms with Crippen LogP contribution in [0.1, 0.15) is 33.6 Å². The molecule has 2 bridgehead atoms. The van der Waals surface area contributed by atoms with Gasteiger partial charge in [0.05, 0.1) is 11.1 Å². The molecule has 6 heteroatoms. The van der Waals surface area contributed by atoms with Gasteiger partial charge in [-0.15, -0.1) is 0 Å². The van der Waals surface area contributed by atoms with E-state index in [0.717, 1.165) is 0 Å². The zero-order valence-corrected chi connectivity index (χ0v) is 14.2. The van der Waals surface area contributed by atoms with Gasteiger partial charge < -0.3 is 10.1 Å². The molecular weight excluding hydrogens is 353 g/mol. The number of benzene rings is 1. The van der Waals surface area contributed by atoms with Crippen LogP contribution in [-0.2, 0) is 14.3 Å². The van der Waals surface area contributed by atoms with Crippen molar-refractivity contribution in [3.8, 4) is 0 Å². The summed E-state index contributed by atoms with van der Waals surface area (Å²) in [4.78, 5) is 25.0. The van der Waals surface area contributed by atoms with E-state index >= 15 is 0 Å². The van der Waals surface area contributed by atoms with E-state index in [1.165, 1.54) is 18.2 Å². The highest BCUT2D eigenvalue weighted by Crippen LogP contribution is 2.65. The van der Waals surface area contributed by atoms with Gasteiger partial charge in [-0.1, -0.05) is 13.8 Å². The zero-order valence-electron chi connectivity index (χ0n) is 12.6. The summed E-state index contributed by atoms with van der Waals surface area (Å²) in [6.45, 7) is 5.64. The van der Waals surface area contributed by atoms with Crippen LogP contribution in [0.3, 0.4) is 0 Å². The third kappa shape index (κ3) is 1.73. The summed E-state index contributed by atoms with van der Waals surface area (Å²) in [6, 6.07) is 4.02. The van der Waals surface area contributed by atoms with Gasteiger partial charge in [-0.3, -0.25) is 9.59 Å². The summed E-state index contributed by atoms with van der Waals surface area (Å²) >= 11 is 3.22. The van der Waals surface area contributed by atoms with Crippen molar-refractivity contribution in [2.75, 3.05) is 5.32 Å². The fourth-order valence-corrected chi connectivity index (χ4v) is 4.01. The molecule has 2 aliphatic rings. The molecule has 0 spiro atoms. The molecule has 1 aromatic rings. The lowest BCUT2D eigenvalue weighted by Gasteiger charge is -2.35. The molecule has 0 radical (unpaired) electrons. The lowest BCUT2D eigenvalue weighted by Crippen LogP contribution is -2.50. The van der Waals surface area contributed by atoms with E-state index in [1.54, 1.807) is 0 Å². The molecule has 1 heterocycles. The maximum atomic E-state index is 13.1. The predicted octanol–water partition coefficient (Wildman–Crippen LogP) is 3.65. The van der Waals surface area contributed by atoms with Crippen molar-refractivity contribution in [2.45, 2.75) is 39.2 Å². The fraction of sp³-hybridized carbons (Fsp3) is 0.500. The van der Waals surface area contributed by atoms with Gasteiger partial charge in [0.2, 0.25) is 0 Å². The van der Waals surface area contributed by atoms with Crippen molar-refractivity contribution in [1.29, 1.82) is 0 Å². The van der Waals surface area contributed by atoms with E-state index in [0.29, 0.717) is 23.0 Å². The van der Waals surface area contributed by atoms with Gasteiger partial charge in [-0.2, -0.15) is 0 Å². The average molecular weight is 370 g/mol. The number of ether oxygens (including phenoxy) is 1. The Hall–Kier alpha value is -1.43. The Morgan fingerprint density at radius 3 is 2.50 bits per heavy atom. The number of hydrogen-bond acceptors (Lipinski definition) is 3. The normalized spacial score (nSPS) is 32.0. The molecular formula is C16H17BrFNO3. The van der Waals surface area contributed by atoms with Crippen LogP contribution >= 0.6 is 15.9 Å². The summed E-state index contributed by atoms with van der Waals surface area (Å²) in [5.74, 6) is -1.08. The van der Waals surface area contributed by atoms with E-state index in [1.807, 2.05) is 20.8 Å². The zero-order chi connectivity index (χ0) is 16.3. The smallest absolute Gasteiger partial charge is 0.313 e. The molecule has 22 heavy (non-hydrogen) atoms. The Kier molecular flexibility index (Phi) is 3.19. The monoisotopic (exact) mass is 369 g/mol. The van der Waals surface area contributed by atoms with Crippen LogP contribution in [0.2, 0.25) is 0 Å². The van der Waals surface area contributed by atoms with Crippen molar-refractivity contribution in [3.05, 3.63) is 28.5 Å². The van der Waals surface area contributed by atoms with Crippen LogP contribution in [0.25, 0.3) is 0 Å². The van der Waals surface area contributed by atoms with Crippen molar-refractivity contribution in [3.63, 3.8) is 0 Å². The maximum absolute atomic E-state index is 13.1. The summed E-state index contributed by atoms with van der Waals surface area (Å²) in [6.07, 6.45) is 1.11. The Balaban J connectivity index is 1.94. The number of nitrogens with one attached hydrogen (secondary N) is 1. The second-order valence-electron chi connectivity index (χ2n) is 6.75. The Morgan fingerprint density at radius 1 is 1.32 bits per heavy atom. The first-order valence-electron chi connectivity index (χ1n) is 7.14. The first kappa shape index (κ1) is 15.5. The number of carbonyl (C=O) groups is 2. The molecule has 1 N–H and O–H groups in total. The number of hydrogen-bond donors (Lipinski definition) is 1. The highest BCUT2D eigenvalue weighted by atomic mass is 79.9. The van der Waals surface area contributed by atoms with E-state index in [4.69, 9.17) is 4.74 Å². The molecule has 1 saturated carbocycles. The summed E-state index contributed by atoms with van der Waals surface area (Å²) in [5, 5.41) is 2.76. The van der Waals surface area contributed by atoms with Crippen LogP contribution in [-0.4, -0.2) is 17.5 Å². The minimum absolute atomic E-state index is 0.322. The lowest BCUT2D eigenvalue weighted by atomic mass is 9.66. The van der Waals surface area contributed by atoms with Crippen molar-refractivity contribution >= 4 is 33.5 Å². The summed E-state index contributed by atoms with van der Waals surface area (Å²) in [7, 11) is 0. The number of anilines is 1. The highest BCUT2D eigenvalue weighted by Gasteiger charge is 2.75. The Labute approximate surface area is 136 Å². The molecule has 2 fully saturated rings. The van der Waals surface area contributed by atoms with E-state index in [9.17, 15) is 14.0 Å². The average Bonchev–Trinajstić information content (AvgIpc) is 2.72. The molecule has 1 amide bonds. The number of esters is 1. The minimum atomic E-state index is -1.17. The molecule has 4 nitrogen and oxygen atoms in total. The van der Waals surface area contributed by atoms with Gasteiger partial charge in [0.25, 0.3) is 5.91 Å². The van der Waals surface area contributed by atoms with Crippen molar-refractivity contribution < 1.29 is 18.7 Å². The summed E-state index contributed by atoms with van der Waals surface area (Å²) in [5.41, 5.74) is -1.97. The number of fused-ring (bicyclic) bond motifs is 2. The first-order valence-corrected chi connectivity index (χ1v) is 7.93. The molecule has 2 atom stereocenters. The van der Waals surface area contributed by atoms with Gasteiger partial charge in [-0.05, 0) is 53.9 Å². The van der Waals surface area contributed by atoms with Crippen molar-refractivity contribution in [2.24, 2.45) is 10.8 Å². The van der Waals surface area contributed by atoms with Gasteiger partial charge in [0.1, 0.15) is 5.82 Å². The minimum Gasteiger partial charge on any atom is -0.448 e. The highest BCUT2D eigenvalue weighted by molar-refractivity contribution is 9.10. The number of halogens is 2. The second-order valence-corrected chi connectivity index (χ2v) is 7.61. The molecule has 1 aliphatic heterocycles. The van der Waals surface area contributed by atoms with Gasteiger partial charge >= 0.3 is 5.97 Å². The SMILES string of the molecule is CC12CCC(C(=O)Nc3ccc(F)cc3Br)(OC1=O)C2(C)C.